The fourth-order valence-electron chi connectivity index (χ4n) is 4.36. The minimum absolute atomic E-state index is 0.0787. The van der Waals surface area contributed by atoms with E-state index in [0.717, 1.165) is 3.59 Å². The predicted octanol–water partition coefficient (Wildman–Crippen LogP) is 4.15. The van der Waals surface area contributed by atoms with E-state index in [1.807, 2.05) is 54.6 Å². The number of hydrogen-bond acceptors (Lipinski definition) is 2. The summed E-state index contributed by atoms with van der Waals surface area (Å²) < 4.78 is 10.1. The van der Waals surface area contributed by atoms with Gasteiger partial charge >= 0.3 is 195 Å². The third kappa shape index (κ3) is 4.34. The molecular weight excluding hydrogens is 499 g/mol. The summed E-state index contributed by atoms with van der Waals surface area (Å²) in [4.78, 5) is 14.1. The molecule has 0 fully saturated rings. The first-order chi connectivity index (χ1) is 15.8. The Kier molecular flexibility index (Phi) is 7.35. The summed E-state index contributed by atoms with van der Waals surface area (Å²) >= 11 is -3.98. The Bertz CT molecular complexity index is 1070. The second-order valence-corrected chi connectivity index (χ2v) is 18.4. The zero-order chi connectivity index (χ0) is 22.2. The van der Waals surface area contributed by atoms with Crippen molar-refractivity contribution in [2.75, 3.05) is 13.7 Å². The molecule has 0 heterocycles. The molecule has 0 amide bonds. The van der Waals surface area contributed by atoms with Crippen molar-refractivity contribution in [1.29, 1.82) is 0 Å². The van der Waals surface area contributed by atoms with Crippen LogP contribution in [0.1, 0.15) is 10.4 Å². The van der Waals surface area contributed by atoms with Gasteiger partial charge in [0.2, 0.25) is 0 Å². The number of ether oxygens (including phenoxy) is 1. The predicted molar refractivity (Wildman–Crippen MR) is 135 cm³/mol. The SMILES string of the molecule is COC/C=[C](/C(=O)c1ccccc1)[Sn]([c]1ccccc1)([c]1ccccc1)[c]1ccccc1. The van der Waals surface area contributed by atoms with Crippen LogP contribution in [0.2, 0.25) is 0 Å². The second kappa shape index (κ2) is 10.6. The summed E-state index contributed by atoms with van der Waals surface area (Å²) in [6.45, 7) is 0.388. The van der Waals surface area contributed by atoms with Gasteiger partial charge in [0.05, 0.1) is 0 Å². The molecule has 0 aliphatic carbocycles. The van der Waals surface area contributed by atoms with Crippen molar-refractivity contribution in [3.8, 4) is 0 Å². The first-order valence-corrected chi connectivity index (χ1v) is 16.4. The fraction of sp³-hybridized carbons (Fsp3) is 0.0690. The Balaban J connectivity index is 2.10. The van der Waals surface area contributed by atoms with Gasteiger partial charge in [-0.05, 0) is 0 Å². The Morgan fingerprint density at radius 1 is 0.656 bits per heavy atom. The van der Waals surface area contributed by atoms with Crippen LogP contribution in [-0.2, 0) is 4.74 Å². The van der Waals surface area contributed by atoms with Crippen LogP contribution < -0.4 is 10.7 Å². The number of hydrogen-bond donors (Lipinski definition) is 0. The molecule has 3 heteroatoms. The molecule has 2 nitrogen and oxygen atoms in total. The molecule has 0 N–H and O–H groups in total. The maximum atomic E-state index is 14.1. The second-order valence-electron chi connectivity index (χ2n) is 7.62. The molecule has 4 aromatic rings. The normalized spacial score (nSPS) is 11.8. The van der Waals surface area contributed by atoms with Crippen molar-refractivity contribution >= 4 is 34.9 Å². The fourth-order valence-corrected chi connectivity index (χ4v) is 18.3. The molecule has 0 aliphatic heterocycles. The van der Waals surface area contributed by atoms with E-state index >= 15 is 0 Å². The van der Waals surface area contributed by atoms with Gasteiger partial charge in [-0.25, -0.2) is 0 Å². The van der Waals surface area contributed by atoms with Crippen LogP contribution in [-0.4, -0.2) is 37.9 Å². The first-order valence-electron chi connectivity index (χ1n) is 10.7. The van der Waals surface area contributed by atoms with E-state index < -0.39 is 18.4 Å². The number of Topliss-reactive ketones (excluding diaryl/α,β-unsaturated/α-hetero) is 1. The monoisotopic (exact) mass is 526 g/mol. The number of rotatable bonds is 8. The molecule has 0 atom stereocenters. The van der Waals surface area contributed by atoms with Crippen LogP contribution >= 0.6 is 0 Å². The molecule has 4 aromatic carbocycles. The zero-order valence-electron chi connectivity index (χ0n) is 18.1. The van der Waals surface area contributed by atoms with Crippen LogP contribution in [0, 0.1) is 0 Å². The number of carbonyl (C=O) groups excluding carboxylic acids is 1. The van der Waals surface area contributed by atoms with Crippen molar-refractivity contribution in [1.82, 2.24) is 0 Å². The Morgan fingerprint density at radius 3 is 1.41 bits per heavy atom. The molecular formula is C29H26O2Sn. The van der Waals surface area contributed by atoms with E-state index in [1.54, 1.807) is 7.11 Å². The number of benzene rings is 4. The van der Waals surface area contributed by atoms with Crippen LogP contribution in [0.5, 0.6) is 0 Å². The summed E-state index contributed by atoms with van der Waals surface area (Å²) in [7, 11) is 1.67. The Labute approximate surface area is 194 Å². The third-order valence-corrected chi connectivity index (χ3v) is 19.6. The van der Waals surface area contributed by atoms with E-state index in [-0.39, 0.29) is 5.78 Å². The molecule has 0 saturated carbocycles. The number of carbonyl (C=O) groups is 1. The van der Waals surface area contributed by atoms with Gasteiger partial charge in [0.1, 0.15) is 0 Å². The first kappa shape index (κ1) is 22.3. The van der Waals surface area contributed by atoms with E-state index in [9.17, 15) is 4.79 Å². The van der Waals surface area contributed by atoms with Gasteiger partial charge in [0.25, 0.3) is 0 Å². The average molecular weight is 525 g/mol. The van der Waals surface area contributed by atoms with E-state index in [4.69, 9.17) is 4.74 Å². The summed E-state index contributed by atoms with van der Waals surface area (Å²) in [5.41, 5.74) is 0.707. The average Bonchev–Trinajstić information content (AvgIpc) is 2.88. The van der Waals surface area contributed by atoms with Gasteiger partial charge < -0.3 is 0 Å². The Morgan fingerprint density at radius 2 is 1.03 bits per heavy atom. The van der Waals surface area contributed by atoms with Crippen LogP contribution in [0.3, 0.4) is 0 Å². The molecule has 32 heavy (non-hydrogen) atoms. The van der Waals surface area contributed by atoms with Gasteiger partial charge in [-0.3, -0.25) is 0 Å². The van der Waals surface area contributed by atoms with Crippen molar-refractivity contribution in [2.24, 2.45) is 0 Å². The van der Waals surface area contributed by atoms with Crippen molar-refractivity contribution in [3.05, 3.63) is 137 Å². The van der Waals surface area contributed by atoms with Gasteiger partial charge in [-0.2, -0.15) is 0 Å². The van der Waals surface area contributed by atoms with Crippen LogP contribution in [0.4, 0.5) is 0 Å². The standard InChI is InChI=1S/C11H11O2.3C6H5.Sn/c1-13-9-5-8-11(12)10-6-3-2-4-7-10;3*1-2-4-6-5-3-1;/h2-7H,9H2,1H3;3*1-5H;. The van der Waals surface area contributed by atoms with Crippen LogP contribution in [0.25, 0.3) is 0 Å². The molecule has 0 radical (unpaired) electrons. The quantitative estimate of drug-likeness (QED) is 0.197. The van der Waals surface area contributed by atoms with Crippen LogP contribution in [0.15, 0.2) is 131 Å². The summed E-state index contributed by atoms with van der Waals surface area (Å²) in [5.74, 6) is 0.0787. The minimum atomic E-state index is -3.98. The van der Waals surface area contributed by atoms with Gasteiger partial charge in [0.15, 0.2) is 0 Å². The summed E-state index contributed by atoms with van der Waals surface area (Å²) in [6.07, 6.45) is 2.03. The van der Waals surface area contributed by atoms with Crippen molar-refractivity contribution in [3.63, 3.8) is 0 Å². The molecule has 0 aliphatic rings. The summed E-state index contributed by atoms with van der Waals surface area (Å²) in [6, 6.07) is 41.3. The van der Waals surface area contributed by atoms with E-state index in [1.165, 1.54) is 10.7 Å². The molecule has 0 unspecified atom stereocenters. The molecule has 0 spiro atoms. The van der Waals surface area contributed by atoms with E-state index in [2.05, 4.69) is 72.8 Å². The van der Waals surface area contributed by atoms with Crippen molar-refractivity contribution in [2.45, 2.75) is 0 Å². The number of methoxy groups -OCH3 is 1. The Hall–Kier alpha value is -2.95. The summed E-state index contributed by atoms with van der Waals surface area (Å²) in [5, 5.41) is 0. The van der Waals surface area contributed by atoms with Crippen molar-refractivity contribution < 1.29 is 9.53 Å². The molecule has 158 valence electrons. The number of allylic oxidation sites excluding steroid dienone is 1. The molecule has 0 aromatic heterocycles. The maximum absolute atomic E-state index is 14.1. The molecule has 0 saturated heterocycles. The van der Waals surface area contributed by atoms with Gasteiger partial charge in [0, 0.05) is 0 Å². The zero-order valence-corrected chi connectivity index (χ0v) is 21.0. The third-order valence-electron chi connectivity index (χ3n) is 5.76. The number of ketones is 1. The topological polar surface area (TPSA) is 26.3 Å². The van der Waals surface area contributed by atoms with E-state index in [0.29, 0.717) is 12.2 Å². The van der Waals surface area contributed by atoms with Gasteiger partial charge in [-0.15, -0.1) is 0 Å². The van der Waals surface area contributed by atoms with Gasteiger partial charge in [-0.1, -0.05) is 0 Å². The molecule has 0 bridgehead atoms. The molecule has 4 rings (SSSR count).